The first-order chi connectivity index (χ1) is 5.56. The molecule has 0 spiro atoms. The van der Waals surface area contributed by atoms with E-state index in [0.29, 0.717) is 0 Å². The van der Waals surface area contributed by atoms with Gasteiger partial charge in [0.15, 0.2) is 10.1 Å². The smallest absolute Gasteiger partial charge is 0.396 e. The highest BCUT2D eigenvalue weighted by atomic mass is 127. The van der Waals surface area contributed by atoms with Crippen LogP contribution < -0.4 is 24.0 Å². The number of rotatable bonds is 4. The first-order valence-electron chi connectivity index (χ1n) is 2.88. The monoisotopic (exact) mass is 354 g/mol. The molecule has 0 aliphatic rings. The molecule has 0 unspecified atom stereocenters. The van der Waals surface area contributed by atoms with Gasteiger partial charge in [-0.25, -0.2) is 8.42 Å². The topological polar surface area (TPSA) is 77.4 Å². The highest BCUT2D eigenvalue weighted by Crippen LogP contribution is 2.40. The molecule has 0 fully saturated rings. The molecule has 0 aromatic carbocycles. The van der Waals surface area contributed by atoms with Gasteiger partial charge in [0, 0.05) is 13.0 Å². The predicted octanol–water partition coefficient (Wildman–Crippen LogP) is -3.39. The van der Waals surface area contributed by atoms with Crippen molar-refractivity contribution in [3.05, 3.63) is 0 Å². The van der Waals surface area contributed by atoms with E-state index in [0.717, 1.165) is 0 Å². The lowest BCUT2D eigenvalue weighted by atomic mass is 10.2. The van der Waals surface area contributed by atoms with Crippen LogP contribution in [0.2, 0.25) is 0 Å². The lowest BCUT2D eigenvalue weighted by molar-refractivity contribution is -0.168. The maximum absolute atomic E-state index is 12.2. The van der Waals surface area contributed by atoms with Crippen molar-refractivity contribution in [3.63, 3.8) is 0 Å². The van der Waals surface area contributed by atoms with Gasteiger partial charge < -0.3 is 9.66 Å². The fourth-order valence-corrected chi connectivity index (χ4v) is 0.937. The van der Waals surface area contributed by atoms with E-state index in [4.69, 9.17) is 5.11 Å². The van der Waals surface area contributed by atoms with Crippen LogP contribution in [-0.2, 0) is 10.1 Å². The molecule has 0 aliphatic carbocycles. The summed E-state index contributed by atoms with van der Waals surface area (Å²) in [7, 11) is -6.43. The molecule has 0 aliphatic heterocycles. The SMILES string of the molecule is O=S(=O)([O-])C(F)(F)C(F)(F)CCO.[IH2+]. The molecule has 14 heavy (non-hydrogen) atoms. The summed E-state index contributed by atoms with van der Waals surface area (Å²) >= 11 is 0. The maximum Gasteiger partial charge on any atom is 0.396 e. The van der Waals surface area contributed by atoms with Gasteiger partial charge in [-0.2, -0.15) is 17.6 Å². The first-order valence-corrected chi connectivity index (χ1v) is 4.29. The van der Waals surface area contributed by atoms with Gasteiger partial charge in [0.2, 0.25) is 24.0 Å². The second kappa shape index (κ2) is 4.90. The van der Waals surface area contributed by atoms with E-state index in [1.54, 1.807) is 0 Å². The van der Waals surface area contributed by atoms with Crippen LogP contribution in [0.1, 0.15) is 6.42 Å². The lowest BCUT2D eigenvalue weighted by Crippen LogP contribution is -3.00. The van der Waals surface area contributed by atoms with Crippen LogP contribution >= 0.6 is 0 Å². The Morgan fingerprint density at radius 2 is 1.57 bits per heavy atom. The number of halogens is 5. The molecule has 0 amide bonds. The first kappa shape index (κ1) is 16.7. The zero-order valence-electron chi connectivity index (χ0n) is 6.45. The van der Waals surface area contributed by atoms with E-state index in [2.05, 4.69) is 0 Å². The van der Waals surface area contributed by atoms with Crippen molar-refractivity contribution in [3.8, 4) is 0 Å². The van der Waals surface area contributed by atoms with Crippen LogP contribution in [0.15, 0.2) is 0 Å². The summed E-state index contributed by atoms with van der Waals surface area (Å²) in [4.78, 5) is 0. The van der Waals surface area contributed by atoms with Gasteiger partial charge >= 0.3 is 11.2 Å². The van der Waals surface area contributed by atoms with E-state index in [9.17, 15) is 30.5 Å². The number of hydrogen-bond acceptors (Lipinski definition) is 4. The van der Waals surface area contributed by atoms with Crippen LogP contribution in [-0.4, -0.2) is 35.9 Å². The highest BCUT2D eigenvalue weighted by molar-refractivity contribution is 7.86. The summed E-state index contributed by atoms with van der Waals surface area (Å²) in [5.41, 5.74) is 0. The maximum atomic E-state index is 12.2. The second-order valence-electron chi connectivity index (χ2n) is 2.15. The van der Waals surface area contributed by atoms with Gasteiger partial charge in [0.25, 0.3) is 0 Å². The summed E-state index contributed by atoms with van der Waals surface area (Å²) < 4.78 is 77.8. The third kappa shape index (κ3) is 3.17. The van der Waals surface area contributed by atoms with Gasteiger partial charge in [-0.05, 0) is 0 Å². The molecule has 0 saturated carbocycles. The summed E-state index contributed by atoms with van der Waals surface area (Å²) in [6.45, 7) is -1.35. The molecular formula is C4H7F4IO4S. The normalized spacial score (nSPS) is 13.6. The molecule has 0 saturated heterocycles. The summed E-state index contributed by atoms with van der Waals surface area (Å²) in [6, 6.07) is 0. The van der Waals surface area contributed by atoms with Crippen LogP contribution in [0.4, 0.5) is 17.6 Å². The molecule has 88 valence electrons. The zero-order chi connectivity index (χ0) is 10.9. The van der Waals surface area contributed by atoms with Crippen LogP contribution in [0, 0.1) is 0 Å². The molecule has 0 heterocycles. The average Bonchev–Trinajstić information content (AvgIpc) is 1.84. The van der Waals surface area contributed by atoms with Gasteiger partial charge in [-0.15, -0.1) is 0 Å². The van der Waals surface area contributed by atoms with Crippen molar-refractivity contribution >= 4 is 10.1 Å². The van der Waals surface area contributed by atoms with Gasteiger partial charge in [0.1, 0.15) is 0 Å². The Kier molecular flexibility index (Phi) is 5.85. The number of aliphatic hydroxyl groups is 1. The van der Waals surface area contributed by atoms with Crippen molar-refractivity contribution in [2.45, 2.75) is 17.6 Å². The Labute approximate surface area is 94.1 Å². The molecular weight excluding hydrogens is 347 g/mol. The van der Waals surface area contributed by atoms with Crippen LogP contribution in [0.5, 0.6) is 0 Å². The number of hydrogen-bond donors (Lipinski definition) is 1. The fourth-order valence-electron chi connectivity index (χ4n) is 0.469. The van der Waals surface area contributed by atoms with Crippen molar-refractivity contribution < 1.29 is 59.6 Å². The summed E-state index contributed by atoms with van der Waals surface area (Å²) in [5.74, 6) is -5.05. The molecule has 0 bridgehead atoms. The minimum atomic E-state index is -6.43. The van der Waals surface area contributed by atoms with E-state index >= 15 is 0 Å². The third-order valence-electron chi connectivity index (χ3n) is 1.17. The van der Waals surface area contributed by atoms with E-state index < -0.39 is 34.3 Å². The standard InChI is InChI=1S/C4H6F4O4S.H2I/c5-3(6,1-2-9)4(7,8)13(10,11)12;/h9H,1-2H2,(H,10,11,12);1H2/q;+1/p-1. The second-order valence-corrected chi connectivity index (χ2v) is 3.57. The minimum absolute atomic E-state index is 0. The molecule has 10 heteroatoms. The lowest BCUT2D eigenvalue weighted by Gasteiger charge is -2.27. The Hall–Kier alpha value is 0.320. The molecule has 4 nitrogen and oxygen atoms in total. The molecule has 0 radical (unpaired) electrons. The summed E-state index contributed by atoms with van der Waals surface area (Å²) in [5, 5.41) is 2.23. The Balaban J connectivity index is 0. The van der Waals surface area contributed by atoms with Crippen molar-refractivity contribution in [2.75, 3.05) is 6.61 Å². The van der Waals surface area contributed by atoms with Crippen molar-refractivity contribution in [2.24, 2.45) is 0 Å². The van der Waals surface area contributed by atoms with E-state index in [1.807, 2.05) is 0 Å². The van der Waals surface area contributed by atoms with Gasteiger partial charge in [-0.3, -0.25) is 0 Å². The van der Waals surface area contributed by atoms with Crippen molar-refractivity contribution in [1.29, 1.82) is 0 Å². The zero-order valence-corrected chi connectivity index (χ0v) is 9.82. The van der Waals surface area contributed by atoms with E-state index in [-0.39, 0.29) is 24.0 Å². The Bertz CT molecular complexity index is 277. The van der Waals surface area contributed by atoms with E-state index in [1.165, 1.54) is 0 Å². The molecule has 0 atom stereocenters. The molecule has 0 rings (SSSR count). The fraction of sp³-hybridized carbons (Fsp3) is 1.00. The van der Waals surface area contributed by atoms with Crippen LogP contribution in [0.3, 0.4) is 0 Å². The quantitative estimate of drug-likeness (QED) is 0.325. The Morgan fingerprint density at radius 1 is 1.21 bits per heavy atom. The minimum Gasteiger partial charge on any atom is -0.743 e. The van der Waals surface area contributed by atoms with Gasteiger partial charge in [-0.1, -0.05) is 0 Å². The Morgan fingerprint density at radius 3 is 1.79 bits per heavy atom. The third-order valence-corrected chi connectivity index (χ3v) is 2.09. The molecule has 1 N–H and O–H groups in total. The average molecular weight is 354 g/mol. The van der Waals surface area contributed by atoms with Crippen LogP contribution in [0.25, 0.3) is 0 Å². The number of alkyl halides is 4. The highest BCUT2D eigenvalue weighted by Gasteiger charge is 2.60. The molecule has 0 aromatic rings. The molecule has 0 aromatic heterocycles. The summed E-state index contributed by atoms with van der Waals surface area (Å²) in [6.07, 6.45) is -1.79. The largest absolute Gasteiger partial charge is 0.743 e. The predicted molar refractivity (Wildman–Crippen MR) is 34.1 cm³/mol. The number of aliphatic hydroxyl groups excluding tert-OH is 1. The van der Waals surface area contributed by atoms with Gasteiger partial charge in [0.05, 0.1) is 0 Å². The van der Waals surface area contributed by atoms with Crippen molar-refractivity contribution in [1.82, 2.24) is 0 Å².